The number of carbonyl (C=O) groups excluding carboxylic acids is 1. The molecule has 0 aliphatic carbocycles. The summed E-state index contributed by atoms with van der Waals surface area (Å²) in [7, 11) is 0. The largest absolute Gasteiger partial charge is 0.492 e. The predicted molar refractivity (Wildman–Crippen MR) is 82.0 cm³/mol. The zero-order valence-corrected chi connectivity index (χ0v) is 12.7. The standard InChI is InChI=1S/C16H26N2O2/c1-13(2)9-10-14(3)18-16(19)17-11-12-20-15-7-5-4-6-8-15/h4-8,13-14H,9-12H2,1-3H3,(H2,17,18,19). The Kier molecular flexibility index (Phi) is 7.55. The number of hydrogen-bond donors (Lipinski definition) is 2. The van der Waals surface area contributed by atoms with E-state index in [9.17, 15) is 4.79 Å². The van der Waals surface area contributed by atoms with Crippen LogP contribution in [-0.2, 0) is 0 Å². The molecule has 1 rings (SSSR count). The minimum Gasteiger partial charge on any atom is -0.492 e. The number of rotatable bonds is 8. The van der Waals surface area contributed by atoms with Gasteiger partial charge in [-0.2, -0.15) is 0 Å². The van der Waals surface area contributed by atoms with Crippen molar-refractivity contribution in [2.75, 3.05) is 13.2 Å². The molecule has 1 unspecified atom stereocenters. The lowest BCUT2D eigenvalue weighted by Crippen LogP contribution is -2.42. The summed E-state index contributed by atoms with van der Waals surface area (Å²) in [4.78, 5) is 11.6. The second-order valence-electron chi connectivity index (χ2n) is 5.43. The molecule has 1 atom stereocenters. The molecule has 0 spiro atoms. The first kappa shape index (κ1) is 16.3. The zero-order valence-electron chi connectivity index (χ0n) is 12.7. The van der Waals surface area contributed by atoms with E-state index in [1.165, 1.54) is 0 Å². The number of amides is 2. The van der Waals surface area contributed by atoms with Crippen molar-refractivity contribution in [1.29, 1.82) is 0 Å². The molecule has 4 heteroatoms. The Labute approximate surface area is 121 Å². The Morgan fingerprint density at radius 1 is 1.15 bits per heavy atom. The number of urea groups is 1. The Morgan fingerprint density at radius 2 is 1.85 bits per heavy atom. The van der Waals surface area contributed by atoms with Gasteiger partial charge in [0.2, 0.25) is 0 Å². The minimum atomic E-state index is -0.127. The molecule has 1 aromatic rings. The van der Waals surface area contributed by atoms with Crippen LogP contribution in [-0.4, -0.2) is 25.2 Å². The molecule has 20 heavy (non-hydrogen) atoms. The zero-order chi connectivity index (χ0) is 14.8. The van der Waals surface area contributed by atoms with E-state index in [1.807, 2.05) is 37.3 Å². The summed E-state index contributed by atoms with van der Waals surface area (Å²) in [5.41, 5.74) is 0. The van der Waals surface area contributed by atoms with Crippen LogP contribution in [0.4, 0.5) is 4.79 Å². The molecule has 2 amide bonds. The highest BCUT2D eigenvalue weighted by molar-refractivity contribution is 5.74. The van der Waals surface area contributed by atoms with Crippen LogP contribution in [0.3, 0.4) is 0 Å². The summed E-state index contributed by atoms with van der Waals surface area (Å²) in [6.45, 7) is 7.37. The van der Waals surface area contributed by atoms with Gasteiger partial charge in [0.25, 0.3) is 0 Å². The molecular formula is C16H26N2O2. The van der Waals surface area contributed by atoms with Crippen LogP contribution < -0.4 is 15.4 Å². The van der Waals surface area contributed by atoms with Crippen LogP contribution in [0.1, 0.15) is 33.6 Å². The highest BCUT2D eigenvalue weighted by Crippen LogP contribution is 2.07. The van der Waals surface area contributed by atoms with E-state index in [1.54, 1.807) is 0 Å². The average molecular weight is 278 g/mol. The van der Waals surface area contributed by atoms with Crippen LogP contribution in [0.2, 0.25) is 0 Å². The smallest absolute Gasteiger partial charge is 0.315 e. The maximum absolute atomic E-state index is 11.6. The quantitative estimate of drug-likeness (QED) is 0.717. The molecule has 0 heterocycles. The molecule has 0 radical (unpaired) electrons. The van der Waals surface area contributed by atoms with E-state index in [-0.39, 0.29) is 12.1 Å². The van der Waals surface area contributed by atoms with Gasteiger partial charge in [-0.3, -0.25) is 0 Å². The van der Waals surface area contributed by atoms with Gasteiger partial charge in [0.05, 0.1) is 6.54 Å². The number of nitrogens with one attached hydrogen (secondary N) is 2. The number of benzene rings is 1. The van der Waals surface area contributed by atoms with Gasteiger partial charge in [0.15, 0.2) is 0 Å². The molecule has 2 N–H and O–H groups in total. The van der Waals surface area contributed by atoms with E-state index in [0.29, 0.717) is 19.1 Å². The van der Waals surface area contributed by atoms with Crippen LogP contribution in [0, 0.1) is 5.92 Å². The van der Waals surface area contributed by atoms with Crippen LogP contribution in [0.25, 0.3) is 0 Å². The highest BCUT2D eigenvalue weighted by Gasteiger charge is 2.07. The van der Waals surface area contributed by atoms with Crippen molar-refractivity contribution in [2.45, 2.75) is 39.7 Å². The third-order valence-electron chi connectivity index (χ3n) is 2.95. The molecule has 0 fully saturated rings. The normalized spacial score (nSPS) is 12.0. The van der Waals surface area contributed by atoms with Crippen molar-refractivity contribution < 1.29 is 9.53 Å². The number of ether oxygens (including phenoxy) is 1. The molecule has 0 saturated carbocycles. The SMILES string of the molecule is CC(C)CCC(C)NC(=O)NCCOc1ccccc1. The average Bonchev–Trinajstić information content (AvgIpc) is 2.42. The second kappa shape index (κ2) is 9.23. The first-order valence-corrected chi connectivity index (χ1v) is 7.30. The summed E-state index contributed by atoms with van der Waals surface area (Å²) in [6, 6.07) is 9.65. The van der Waals surface area contributed by atoms with Gasteiger partial charge in [-0.05, 0) is 37.8 Å². The van der Waals surface area contributed by atoms with Crippen LogP contribution in [0.5, 0.6) is 5.75 Å². The maximum atomic E-state index is 11.6. The van der Waals surface area contributed by atoms with Crippen molar-refractivity contribution >= 4 is 6.03 Å². The topological polar surface area (TPSA) is 50.4 Å². The lowest BCUT2D eigenvalue weighted by molar-refractivity contribution is 0.232. The third kappa shape index (κ3) is 7.67. The summed E-state index contributed by atoms with van der Waals surface area (Å²) < 4.78 is 5.50. The maximum Gasteiger partial charge on any atom is 0.315 e. The molecule has 1 aromatic carbocycles. The van der Waals surface area contributed by atoms with Gasteiger partial charge in [-0.15, -0.1) is 0 Å². The van der Waals surface area contributed by atoms with Gasteiger partial charge in [-0.1, -0.05) is 32.0 Å². The van der Waals surface area contributed by atoms with Crippen molar-refractivity contribution in [3.05, 3.63) is 30.3 Å². The second-order valence-corrected chi connectivity index (χ2v) is 5.43. The van der Waals surface area contributed by atoms with Gasteiger partial charge in [-0.25, -0.2) is 4.79 Å². The monoisotopic (exact) mass is 278 g/mol. The minimum absolute atomic E-state index is 0.127. The fourth-order valence-electron chi connectivity index (χ4n) is 1.78. The molecule has 112 valence electrons. The van der Waals surface area contributed by atoms with Gasteiger partial charge in [0, 0.05) is 6.04 Å². The molecule has 0 aliphatic rings. The van der Waals surface area contributed by atoms with Gasteiger partial charge in [0.1, 0.15) is 12.4 Å². The van der Waals surface area contributed by atoms with E-state index in [2.05, 4.69) is 24.5 Å². The Bertz CT molecular complexity index is 379. The summed E-state index contributed by atoms with van der Waals surface area (Å²) in [5, 5.41) is 5.72. The van der Waals surface area contributed by atoms with Gasteiger partial charge >= 0.3 is 6.03 Å². The Hall–Kier alpha value is -1.71. The predicted octanol–water partition coefficient (Wildman–Crippen LogP) is 3.19. The van der Waals surface area contributed by atoms with Crippen molar-refractivity contribution in [3.63, 3.8) is 0 Å². The van der Waals surface area contributed by atoms with Gasteiger partial charge < -0.3 is 15.4 Å². The van der Waals surface area contributed by atoms with E-state index in [4.69, 9.17) is 4.74 Å². The van der Waals surface area contributed by atoms with Crippen molar-refractivity contribution in [1.82, 2.24) is 10.6 Å². The summed E-state index contributed by atoms with van der Waals surface area (Å²) in [6.07, 6.45) is 2.13. The third-order valence-corrected chi connectivity index (χ3v) is 2.95. The number of hydrogen-bond acceptors (Lipinski definition) is 2. The number of carbonyl (C=O) groups is 1. The Morgan fingerprint density at radius 3 is 2.50 bits per heavy atom. The van der Waals surface area contributed by atoms with Crippen LogP contribution >= 0.6 is 0 Å². The lowest BCUT2D eigenvalue weighted by atomic mass is 10.0. The summed E-state index contributed by atoms with van der Waals surface area (Å²) in [5.74, 6) is 1.49. The van der Waals surface area contributed by atoms with E-state index >= 15 is 0 Å². The molecule has 4 nitrogen and oxygen atoms in total. The van der Waals surface area contributed by atoms with Crippen LogP contribution in [0.15, 0.2) is 30.3 Å². The first-order valence-electron chi connectivity index (χ1n) is 7.30. The molecule has 0 saturated heterocycles. The fourth-order valence-corrected chi connectivity index (χ4v) is 1.78. The molecule has 0 aromatic heterocycles. The van der Waals surface area contributed by atoms with Crippen molar-refractivity contribution in [2.24, 2.45) is 5.92 Å². The lowest BCUT2D eigenvalue weighted by Gasteiger charge is -2.15. The first-order chi connectivity index (χ1) is 9.58. The molecular weight excluding hydrogens is 252 g/mol. The molecule has 0 bridgehead atoms. The molecule has 0 aliphatic heterocycles. The van der Waals surface area contributed by atoms with E-state index in [0.717, 1.165) is 18.6 Å². The highest BCUT2D eigenvalue weighted by atomic mass is 16.5. The van der Waals surface area contributed by atoms with E-state index < -0.39 is 0 Å². The number of para-hydroxylation sites is 1. The fraction of sp³-hybridized carbons (Fsp3) is 0.562. The van der Waals surface area contributed by atoms with Crippen molar-refractivity contribution in [3.8, 4) is 5.75 Å². The summed E-state index contributed by atoms with van der Waals surface area (Å²) >= 11 is 0. The Balaban J connectivity index is 2.08.